The van der Waals surface area contributed by atoms with Crippen LogP contribution < -0.4 is 5.32 Å². The first-order valence-electron chi connectivity index (χ1n) is 5.67. The lowest BCUT2D eigenvalue weighted by Gasteiger charge is -2.26. The summed E-state index contributed by atoms with van der Waals surface area (Å²) in [5, 5.41) is 13.2. The predicted octanol–water partition coefficient (Wildman–Crippen LogP) is 3.82. The number of rotatable bonds is 5. The van der Waals surface area contributed by atoms with Gasteiger partial charge in [-0.15, -0.1) is 0 Å². The SMILES string of the molecule is CCCC(C)(C)NCc1cc(Br)ccc1O. The highest BCUT2D eigenvalue weighted by Crippen LogP contribution is 2.22. The lowest BCUT2D eigenvalue weighted by molar-refractivity contribution is 0.353. The number of halogens is 1. The average molecular weight is 286 g/mol. The standard InChI is InChI=1S/C13H20BrNO/c1-4-7-13(2,3)15-9-10-8-11(14)5-6-12(10)16/h5-6,8,15-16H,4,7,9H2,1-3H3. The number of phenolic OH excluding ortho intramolecular Hbond substituents is 1. The lowest BCUT2D eigenvalue weighted by atomic mass is 9.98. The zero-order valence-corrected chi connectivity index (χ0v) is 11.8. The van der Waals surface area contributed by atoms with Gasteiger partial charge in [0.2, 0.25) is 0 Å². The second-order valence-electron chi connectivity index (χ2n) is 4.76. The zero-order valence-electron chi connectivity index (χ0n) is 10.2. The van der Waals surface area contributed by atoms with Gasteiger partial charge >= 0.3 is 0 Å². The molecule has 0 spiro atoms. The molecule has 0 heterocycles. The Balaban J connectivity index is 2.63. The fourth-order valence-electron chi connectivity index (χ4n) is 1.74. The highest BCUT2D eigenvalue weighted by Gasteiger charge is 2.15. The highest BCUT2D eigenvalue weighted by atomic mass is 79.9. The van der Waals surface area contributed by atoms with E-state index in [-0.39, 0.29) is 5.54 Å². The molecule has 2 nitrogen and oxygen atoms in total. The second kappa shape index (κ2) is 5.69. The molecule has 16 heavy (non-hydrogen) atoms. The number of benzene rings is 1. The summed E-state index contributed by atoms with van der Waals surface area (Å²) >= 11 is 3.41. The summed E-state index contributed by atoms with van der Waals surface area (Å²) in [7, 11) is 0. The summed E-state index contributed by atoms with van der Waals surface area (Å²) < 4.78 is 0.996. The summed E-state index contributed by atoms with van der Waals surface area (Å²) in [5.74, 6) is 0.350. The highest BCUT2D eigenvalue weighted by molar-refractivity contribution is 9.10. The zero-order chi connectivity index (χ0) is 12.2. The summed E-state index contributed by atoms with van der Waals surface area (Å²) in [5.41, 5.74) is 1.04. The number of hydrogen-bond acceptors (Lipinski definition) is 2. The maximum absolute atomic E-state index is 9.70. The fraction of sp³-hybridized carbons (Fsp3) is 0.538. The third-order valence-electron chi connectivity index (χ3n) is 2.67. The number of hydrogen-bond donors (Lipinski definition) is 2. The number of aromatic hydroxyl groups is 1. The van der Waals surface area contributed by atoms with E-state index in [1.807, 2.05) is 12.1 Å². The molecule has 0 aliphatic rings. The molecule has 0 amide bonds. The predicted molar refractivity (Wildman–Crippen MR) is 71.6 cm³/mol. The van der Waals surface area contributed by atoms with Gasteiger partial charge in [-0.05, 0) is 38.5 Å². The van der Waals surface area contributed by atoms with Crippen molar-refractivity contribution in [3.63, 3.8) is 0 Å². The number of phenols is 1. The molecule has 2 N–H and O–H groups in total. The van der Waals surface area contributed by atoms with E-state index in [1.165, 1.54) is 0 Å². The Morgan fingerprint density at radius 2 is 2.06 bits per heavy atom. The van der Waals surface area contributed by atoms with Gasteiger partial charge in [-0.3, -0.25) is 0 Å². The van der Waals surface area contributed by atoms with E-state index in [4.69, 9.17) is 0 Å². The summed E-state index contributed by atoms with van der Waals surface area (Å²) in [6, 6.07) is 5.51. The van der Waals surface area contributed by atoms with Crippen molar-refractivity contribution >= 4 is 15.9 Å². The molecule has 0 saturated heterocycles. The Kier molecular flexibility index (Phi) is 4.81. The van der Waals surface area contributed by atoms with Gasteiger partial charge in [-0.2, -0.15) is 0 Å². The van der Waals surface area contributed by atoms with Crippen LogP contribution in [0.1, 0.15) is 39.2 Å². The molecule has 0 atom stereocenters. The van der Waals surface area contributed by atoms with Crippen LogP contribution in [-0.2, 0) is 6.54 Å². The van der Waals surface area contributed by atoms with E-state index in [1.54, 1.807) is 6.07 Å². The minimum atomic E-state index is 0.115. The molecule has 0 aliphatic heterocycles. The first-order chi connectivity index (χ1) is 7.44. The van der Waals surface area contributed by atoms with E-state index in [0.29, 0.717) is 12.3 Å². The average Bonchev–Trinajstić information content (AvgIpc) is 2.19. The van der Waals surface area contributed by atoms with Crippen LogP contribution in [0.15, 0.2) is 22.7 Å². The normalized spacial score (nSPS) is 11.8. The van der Waals surface area contributed by atoms with Gasteiger partial charge in [0, 0.05) is 22.1 Å². The largest absolute Gasteiger partial charge is 0.508 e. The van der Waals surface area contributed by atoms with E-state index < -0.39 is 0 Å². The maximum atomic E-state index is 9.70. The van der Waals surface area contributed by atoms with E-state index in [9.17, 15) is 5.11 Å². The quantitative estimate of drug-likeness (QED) is 0.862. The maximum Gasteiger partial charge on any atom is 0.120 e. The Bertz CT molecular complexity index is 350. The van der Waals surface area contributed by atoms with Gasteiger partial charge in [-0.1, -0.05) is 29.3 Å². The van der Waals surface area contributed by atoms with Crippen molar-refractivity contribution in [1.29, 1.82) is 0 Å². The van der Waals surface area contributed by atoms with E-state index in [2.05, 4.69) is 42.0 Å². The van der Waals surface area contributed by atoms with Crippen molar-refractivity contribution in [1.82, 2.24) is 5.32 Å². The topological polar surface area (TPSA) is 32.3 Å². The van der Waals surface area contributed by atoms with Crippen LogP contribution in [0.2, 0.25) is 0 Å². The van der Waals surface area contributed by atoms with Crippen molar-refractivity contribution in [3.05, 3.63) is 28.2 Å². The second-order valence-corrected chi connectivity index (χ2v) is 5.68. The molecule has 0 aromatic heterocycles. The van der Waals surface area contributed by atoms with Gasteiger partial charge in [0.1, 0.15) is 5.75 Å². The van der Waals surface area contributed by atoms with E-state index >= 15 is 0 Å². The first-order valence-corrected chi connectivity index (χ1v) is 6.46. The summed E-state index contributed by atoms with van der Waals surface area (Å²) in [4.78, 5) is 0. The minimum absolute atomic E-state index is 0.115. The van der Waals surface area contributed by atoms with Crippen LogP contribution in [-0.4, -0.2) is 10.6 Å². The molecule has 90 valence electrons. The molecule has 0 unspecified atom stereocenters. The van der Waals surface area contributed by atoms with E-state index in [0.717, 1.165) is 22.9 Å². The van der Waals surface area contributed by atoms with Gasteiger partial charge in [-0.25, -0.2) is 0 Å². The van der Waals surface area contributed by atoms with Gasteiger partial charge in [0.05, 0.1) is 0 Å². The van der Waals surface area contributed by atoms with Crippen LogP contribution in [0.25, 0.3) is 0 Å². The van der Waals surface area contributed by atoms with Crippen LogP contribution in [0.3, 0.4) is 0 Å². The molecule has 0 aliphatic carbocycles. The molecule has 0 saturated carbocycles. The lowest BCUT2D eigenvalue weighted by Crippen LogP contribution is -2.38. The Morgan fingerprint density at radius 1 is 1.38 bits per heavy atom. The van der Waals surface area contributed by atoms with Crippen molar-refractivity contribution in [2.24, 2.45) is 0 Å². The summed E-state index contributed by atoms with van der Waals surface area (Å²) in [6.07, 6.45) is 2.28. The first kappa shape index (κ1) is 13.5. The Labute approximate surface area is 106 Å². The van der Waals surface area contributed by atoms with Crippen LogP contribution in [0.4, 0.5) is 0 Å². The molecule has 1 aromatic rings. The van der Waals surface area contributed by atoms with Crippen molar-refractivity contribution in [2.45, 2.75) is 45.7 Å². The molecular formula is C13H20BrNO. The van der Waals surface area contributed by atoms with Crippen LogP contribution in [0.5, 0.6) is 5.75 Å². The van der Waals surface area contributed by atoms with Crippen molar-refractivity contribution in [2.75, 3.05) is 0 Å². The van der Waals surface area contributed by atoms with Gasteiger partial charge in [0.15, 0.2) is 0 Å². The third kappa shape index (κ3) is 4.14. The number of nitrogens with one attached hydrogen (secondary N) is 1. The fourth-order valence-corrected chi connectivity index (χ4v) is 2.15. The molecule has 0 bridgehead atoms. The minimum Gasteiger partial charge on any atom is -0.508 e. The van der Waals surface area contributed by atoms with Crippen molar-refractivity contribution < 1.29 is 5.11 Å². The van der Waals surface area contributed by atoms with Crippen molar-refractivity contribution in [3.8, 4) is 5.75 Å². The molecule has 0 fully saturated rings. The van der Waals surface area contributed by atoms with Gasteiger partial charge < -0.3 is 10.4 Å². The summed E-state index contributed by atoms with van der Waals surface area (Å²) in [6.45, 7) is 7.25. The smallest absolute Gasteiger partial charge is 0.120 e. The molecule has 1 aromatic carbocycles. The third-order valence-corrected chi connectivity index (χ3v) is 3.17. The molecular weight excluding hydrogens is 266 g/mol. The van der Waals surface area contributed by atoms with Crippen LogP contribution >= 0.6 is 15.9 Å². The van der Waals surface area contributed by atoms with Crippen LogP contribution in [0, 0.1) is 0 Å². The monoisotopic (exact) mass is 285 g/mol. The molecule has 0 radical (unpaired) electrons. The molecule has 1 rings (SSSR count). The van der Waals surface area contributed by atoms with Gasteiger partial charge in [0.25, 0.3) is 0 Å². The Hall–Kier alpha value is -0.540. The molecule has 3 heteroatoms. The Morgan fingerprint density at radius 3 is 2.69 bits per heavy atom.